The van der Waals surface area contributed by atoms with Gasteiger partial charge in [0, 0.05) is 33.1 Å². The molecule has 2 fully saturated rings. The minimum absolute atomic E-state index is 0.180. The van der Waals surface area contributed by atoms with Gasteiger partial charge >= 0.3 is 12.1 Å². The lowest BCUT2D eigenvalue weighted by Crippen LogP contribution is -2.37. The zero-order chi connectivity index (χ0) is 16.7. The first kappa shape index (κ1) is 16.6. The fraction of sp³-hybridized carbons (Fsp3) is 0.769. The summed E-state index contributed by atoms with van der Waals surface area (Å²) in [4.78, 5) is 37.0. The highest BCUT2D eigenvalue weighted by Gasteiger charge is 2.54. The van der Waals surface area contributed by atoms with Gasteiger partial charge in [0.1, 0.15) is 0 Å². The number of hydrogen-bond donors (Lipinski definition) is 1. The zero-order valence-corrected chi connectivity index (χ0v) is 12.0. The lowest BCUT2D eigenvalue weighted by molar-refractivity contribution is -0.188. The Balaban J connectivity index is 2.06. The molecule has 2 aliphatic rings. The second kappa shape index (κ2) is 5.77. The van der Waals surface area contributed by atoms with Crippen molar-refractivity contribution in [3.05, 3.63) is 0 Å². The van der Waals surface area contributed by atoms with Crippen LogP contribution >= 0.6 is 0 Å². The molecule has 1 N–H and O–H groups in total. The van der Waals surface area contributed by atoms with Crippen molar-refractivity contribution in [1.29, 1.82) is 0 Å². The van der Waals surface area contributed by atoms with Crippen molar-refractivity contribution in [3.63, 3.8) is 0 Å². The molecule has 0 bridgehead atoms. The lowest BCUT2D eigenvalue weighted by atomic mass is 9.96. The van der Waals surface area contributed by atoms with Gasteiger partial charge in [-0.3, -0.25) is 14.4 Å². The quantitative estimate of drug-likeness (QED) is 0.806. The molecular weight excluding hydrogens is 305 g/mol. The maximum absolute atomic E-state index is 12.9. The van der Waals surface area contributed by atoms with Gasteiger partial charge in [-0.1, -0.05) is 0 Å². The molecule has 1 unspecified atom stereocenters. The molecule has 2 aliphatic heterocycles. The number of hydrogen-bond acceptors (Lipinski definition) is 3. The number of carboxylic acid groups (broad SMARTS) is 1. The topological polar surface area (TPSA) is 77.9 Å². The Bertz CT molecular complexity index is 494. The van der Waals surface area contributed by atoms with Crippen LogP contribution in [-0.4, -0.2) is 65.0 Å². The van der Waals surface area contributed by atoms with Crippen LogP contribution in [0.3, 0.4) is 0 Å². The molecule has 2 saturated heterocycles. The van der Waals surface area contributed by atoms with Crippen LogP contribution in [-0.2, 0) is 14.4 Å². The van der Waals surface area contributed by atoms with Gasteiger partial charge < -0.3 is 14.9 Å². The Morgan fingerprint density at radius 1 is 1.09 bits per heavy atom. The van der Waals surface area contributed by atoms with Gasteiger partial charge in [-0.05, 0) is 6.42 Å². The molecular formula is C13H17F3N2O4. The Morgan fingerprint density at radius 2 is 1.73 bits per heavy atom. The van der Waals surface area contributed by atoms with Gasteiger partial charge in [0.05, 0.1) is 17.8 Å². The number of nitrogens with zero attached hydrogens (tertiary/aromatic N) is 2. The van der Waals surface area contributed by atoms with Crippen LogP contribution in [0.1, 0.15) is 13.3 Å². The van der Waals surface area contributed by atoms with E-state index in [9.17, 15) is 27.6 Å². The molecule has 2 heterocycles. The number of amides is 2. The Labute approximate surface area is 124 Å². The minimum atomic E-state index is -4.65. The van der Waals surface area contributed by atoms with E-state index in [0.29, 0.717) is 13.0 Å². The van der Waals surface area contributed by atoms with Crippen molar-refractivity contribution in [3.8, 4) is 0 Å². The highest BCUT2D eigenvalue weighted by atomic mass is 19.4. The van der Waals surface area contributed by atoms with E-state index in [1.807, 2.05) is 0 Å². The number of rotatable bonds is 2. The highest BCUT2D eigenvalue weighted by molar-refractivity contribution is 5.83. The minimum Gasteiger partial charge on any atom is -0.481 e. The molecule has 22 heavy (non-hydrogen) atoms. The lowest BCUT2D eigenvalue weighted by Gasteiger charge is -2.21. The summed E-state index contributed by atoms with van der Waals surface area (Å²) >= 11 is 0. The molecule has 3 atom stereocenters. The maximum Gasteiger partial charge on any atom is 0.394 e. The van der Waals surface area contributed by atoms with E-state index >= 15 is 0 Å². The number of carboxylic acids is 1. The fourth-order valence-corrected chi connectivity index (χ4v) is 3.07. The van der Waals surface area contributed by atoms with Crippen molar-refractivity contribution in [2.24, 2.45) is 17.8 Å². The van der Waals surface area contributed by atoms with Crippen molar-refractivity contribution in [1.82, 2.24) is 9.80 Å². The fourth-order valence-electron chi connectivity index (χ4n) is 3.07. The number of carbonyl (C=O) groups excluding carboxylic acids is 2. The molecule has 0 aromatic rings. The van der Waals surface area contributed by atoms with Crippen molar-refractivity contribution >= 4 is 17.8 Å². The van der Waals surface area contributed by atoms with E-state index < -0.39 is 48.9 Å². The molecule has 9 heteroatoms. The Kier molecular flexibility index (Phi) is 4.35. The molecule has 124 valence electrons. The molecule has 0 radical (unpaired) electrons. The second-order valence-electron chi connectivity index (χ2n) is 5.79. The molecule has 0 saturated carbocycles. The number of alkyl halides is 3. The monoisotopic (exact) mass is 322 g/mol. The van der Waals surface area contributed by atoms with Crippen LogP contribution in [0.2, 0.25) is 0 Å². The summed E-state index contributed by atoms with van der Waals surface area (Å²) in [6.07, 6.45) is -4.26. The summed E-state index contributed by atoms with van der Waals surface area (Å²) in [5.41, 5.74) is 0. The van der Waals surface area contributed by atoms with Gasteiger partial charge in [0.25, 0.3) is 0 Å². The average molecular weight is 322 g/mol. The van der Waals surface area contributed by atoms with E-state index in [4.69, 9.17) is 5.11 Å². The number of carbonyl (C=O) groups is 3. The third kappa shape index (κ3) is 3.17. The maximum atomic E-state index is 12.9. The first-order valence-corrected chi connectivity index (χ1v) is 6.95. The number of likely N-dealkylation sites (tertiary alicyclic amines) is 2. The second-order valence-corrected chi connectivity index (χ2v) is 5.79. The van der Waals surface area contributed by atoms with Crippen LogP contribution in [0.15, 0.2) is 0 Å². The van der Waals surface area contributed by atoms with Gasteiger partial charge in [0.15, 0.2) is 0 Å². The third-order valence-corrected chi connectivity index (χ3v) is 4.35. The SMILES string of the molecule is CC(=O)N1CCC(C(=O)N2C[C@@H](C(F)(F)F)[C@H](C(=O)O)C2)C1. The van der Waals surface area contributed by atoms with E-state index in [1.165, 1.54) is 11.8 Å². The van der Waals surface area contributed by atoms with Crippen LogP contribution in [0, 0.1) is 17.8 Å². The number of halogens is 3. The summed E-state index contributed by atoms with van der Waals surface area (Å²) in [6, 6.07) is 0. The molecule has 0 spiro atoms. The van der Waals surface area contributed by atoms with Crippen molar-refractivity contribution in [2.75, 3.05) is 26.2 Å². The van der Waals surface area contributed by atoms with E-state index in [0.717, 1.165) is 4.90 Å². The normalized spacial score (nSPS) is 29.0. The van der Waals surface area contributed by atoms with E-state index in [1.54, 1.807) is 0 Å². The molecule has 2 rings (SSSR count). The first-order chi connectivity index (χ1) is 10.1. The van der Waals surface area contributed by atoms with Crippen LogP contribution in [0.25, 0.3) is 0 Å². The van der Waals surface area contributed by atoms with Gasteiger partial charge in [-0.15, -0.1) is 0 Å². The summed E-state index contributed by atoms with van der Waals surface area (Å²) in [7, 11) is 0. The predicted molar refractivity (Wildman–Crippen MR) is 67.6 cm³/mol. The number of aliphatic carboxylic acids is 1. The first-order valence-electron chi connectivity index (χ1n) is 6.95. The van der Waals surface area contributed by atoms with Gasteiger partial charge in [0.2, 0.25) is 11.8 Å². The summed E-state index contributed by atoms with van der Waals surface area (Å²) in [6.45, 7) is 0.872. The summed E-state index contributed by atoms with van der Waals surface area (Å²) in [5.74, 6) is -6.46. The highest BCUT2D eigenvalue weighted by Crippen LogP contribution is 2.38. The Morgan fingerprint density at radius 3 is 2.14 bits per heavy atom. The van der Waals surface area contributed by atoms with Crippen LogP contribution in [0.4, 0.5) is 13.2 Å². The van der Waals surface area contributed by atoms with Gasteiger partial charge in [-0.25, -0.2) is 0 Å². The average Bonchev–Trinajstić information content (AvgIpc) is 3.04. The molecule has 6 nitrogen and oxygen atoms in total. The smallest absolute Gasteiger partial charge is 0.394 e. The van der Waals surface area contributed by atoms with E-state index in [-0.39, 0.29) is 12.5 Å². The third-order valence-electron chi connectivity index (χ3n) is 4.35. The summed E-state index contributed by atoms with van der Waals surface area (Å²) < 4.78 is 38.7. The van der Waals surface area contributed by atoms with Crippen LogP contribution in [0.5, 0.6) is 0 Å². The predicted octanol–water partition coefficient (Wildman–Crippen LogP) is 0.576. The molecule has 0 aromatic heterocycles. The standard InChI is InChI=1S/C13H17F3N2O4/c1-7(19)17-3-2-8(4-17)11(20)18-5-9(12(21)22)10(6-18)13(14,15)16/h8-10H,2-6H2,1H3,(H,21,22)/t8?,9-,10-/m1/s1. The van der Waals surface area contributed by atoms with Gasteiger partial charge in [-0.2, -0.15) is 13.2 Å². The molecule has 0 aliphatic carbocycles. The van der Waals surface area contributed by atoms with Crippen LogP contribution < -0.4 is 0 Å². The molecule has 2 amide bonds. The molecule has 0 aromatic carbocycles. The van der Waals surface area contributed by atoms with Crippen molar-refractivity contribution < 1.29 is 32.7 Å². The zero-order valence-electron chi connectivity index (χ0n) is 12.0. The largest absolute Gasteiger partial charge is 0.481 e. The Hall–Kier alpha value is -1.80. The van der Waals surface area contributed by atoms with Crippen molar-refractivity contribution in [2.45, 2.75) is 19.5 Å². The summed E-state index contributed by atoms with van der Waals surface area (Å²) in [5, 5.41) is 8.94. The van der Waals surface area contributed by atoms with E-state index in [2.05, 4.69) is 0 Å².